The van der Waals surface area contributed by atoms with E-state index >= 15 is 0 Å². The van der Waals surface area contributed by atoms with Crippen LogP contribution in [0.4, 0.5) is 0 Å². The van der Waals surface area contributed by atoms with Gasteiger partial charge in [0, 0.05) is 36.8 Å². The Balaban J connectivity index is 1.71. The lowest BCUT2D eigenvalue weighted by Gasteiger charge is -2.22. The largest absolute Gasteiger partial charge is 0.300 e. The third-order valence-electron chi connectivity index (χ3n) is 3.53. The molecule has 3 heterocycles. The average Bonchev–Trinajstić information content (AvgIpc) is 2.94. The molecule has 0 amide bonds. The number of fused-ring (bicyclic) bond motifs is 1. The molecule has 1 atom stereocenters. The molecule has 0 saturated carbocycles. The SMILES string of the molecule is CC(=O)CC1CCCN1Cc1cn2ccsc2n1. The van der Waals surface area contributed by atoms with Crippen molar-refractivity contribution in [3.05, 3.63) is 23.5 Å². The lowest BCUT2D eigenvalue weighted by molar-refractivity contribution is -0.118. The minimum atomic E-state index is 0.290. The van der Waals surface area contributed by atoms with E-state index in [-0.39, 0.29) is 5.78 Å². The lowest BCUT2D eigenvalue weighted by Crippen LogP contribution is -2.30. The first kappa shape index (κ1) is 11.9. The second-order valence-corrected chi connectivity index (χ2v) is 5.87. The van der Waals surface area contributed by atoms with E-state index in [4.69, 9.17) is 0 Å². The van der Waals surface area contributed by atoms with Crippen molar-refractivity contribution in [2.45, 2.75) is 38.8 Å². The average molecular weight is 263 g/mol. The van der Waals surface area contributed by atoms with E-state index in [0.717, 1.165) is 30.2 Å². The number of hydrogen-bond acceptors (Lipinski definition) is 4. The van der Waals surface area contributed by atoms with E-state index in [9.17, 15) is 4.79 Å². The number of thiazole rings is 1. The van der Waals surface area contributed by atoms with Gasteiger partial charge in [0.15, 0.2) is 4.96 Å². The Hall–Kier alpha value is -1.20. The van der Waals surface area contributed by atoms with E-state index in [1.165, 1.54) is 6.42 Å². The van der Waals surface area contributed by atoms with Gasteiger partial charge in [-0.1, -0.05) is 0 Å². The van der Waals surface area contributed by atoms with Gasteiger partial charge in [-0.15, -0.1) is 11.3 Å². The molecule has 2 aromatic rings. The number of likely N-dealkylation sites (tertiary alicyclic amines) is 1. The molecule has 4 nitrogen and oxygen atoms in total. The highest BCUT2D eigenvalue weighted by atomic mass is 32.1. The molecule has 0 aromatic carbocycles. The first-order valence-corrected chi connectivity index (χ1v) is 7.25. The zero-order chi connectivity index (χ0) is 12.5. The van der Waals surface area contributed by atoms with Crippen LogP contribution in [0.3, 0.4) is 0 Å². The standard InChI is InChI=1S/C13H17N3OS/c1-10(17)7-12-3-2-4-15(12)8-11-9-16-5-6-18-13(16)14-11/h5-6,9,12H,2-4,7-8H2,1H3. The van der Waals surface area contributed by atoms with Crippen LogP contribution in [0.2, 0.25) is 0 Å². The van der Waals surface area contributed by atoms with E-state index in [0.29, 0.717) is 12.5 Å². The fourth-order valence-electron chi connectivity index (χ4n) is 2.73. The van der Waals surface area contributed by atoms with Crippen LogP contribution in [0.5, 0.6) is 0 Å². The van der Waals surface area contributed by atoms with E-state index in [1.54, 1.807) is 18.3 Å². The predicted octanol–water partition coefficient (Wildman–Crippen LogP) is 2.34. The number of hydrogen-bond donors (Lipinski definition) is 0. The quantitative estimate of drug-likeness (QED) is 0.849. The summed E-state index contributed by atoms with van der Waals surface area (Å²) in [6.45, 7) is 3.64. The van der Waals surface area contributed by atoms with E-state index in [2.05, 4.69) is 20.5 Å². The Morgan fingerprint density at radius 3 is 3.28 bits per heavy atom. The second kappa shape index (κ2) is 4.82. The third kappa shape index (κ3) is 2.33. The van der Waals surface area contributed by atoms with Crippen molar-refractivity contribution in [2.24, 2.45) is 0 Å². The summed E-state index contributed by atoms with van der Waals surface area (Å²) in [5.74, 6) is 0.290. The topological polar surface area (TPSA) is 37.6 Å². The summed E-state index contributed by atoms with van der Waals surface area (Å²) in [6, 6.07) is 0.419. The van der Waals surface area contributed by atoms with Gasteiger partial charge in [0.1, 0.15) is 5.78 Å². The number of imidazole rings is 1. The summed E-state index contributed by atoms with van der Waals surface area (Å²) < 4.78 is 2.07. The van der Waals surface area contributed by atoms with Crippen molar-refractivity contribution >= 4 is 22.1 Å². The number of Topliss-reactive ketones (excluding diaryl/α,β-unsaturated/α-hetero) is 1. The van der Waals surface area contributed by atoms with Gasteiger partial charge in [0.2, 0.25) is 0 Å². The molecule has 2 aromatic heterocycles. The molecule has 0 spiro atoms. The Bertz CT molecular complexity index is 531. The molecule has 96 valence electrons. The van der Waals surface area contributed by atoms with Crippen LogP contribution in [0.1, 0.15) is 31.9 Å². The number of carbonyl (C=O) groups excluding carboxylic acids is 1. The maximum Gasteiger partial charge on any atom is 0.193 e. The van der Waals surface area contributed by atoms with E-state index < -0.39 is 0 Å². The van der Waals surface area contributed by atoms with Crippen molar-refractivity contribution in [3.63, 3.8) is 0 Å². The van der Waals surface area contributed by atoms with Gasteiger partial charge in [0.25, 0.3) is 0 Å². The Labute approximate surface area is 110 Å². The van der Waals surface area contributed by atoms with Crippen LogP contribution in [0.15, 0.2) is 17.8 Å². The summed E-state index contributed by atoms with van der Waals surface area (Å²) in [4.78, 5) is 19.3. The van der Waals surface area contributed by atoms with Crippen LogP contribution < -0.4 is 0 Å². The molecule has 1 fully saturated rings. The van der Waals surface area contributed by atoms with Gasteiger partial charge in [0.05, 0.1) is 5.69 Å². The fraction of sp³-hybridized carbons (Fsp3) is 0.538. The lowest BCUT2D eigenvalue weighted by atomic mass is 10.1. The third-order valence-corrected chi connectivity index (χ3v) is 4.30. The highest BCUT2D eigenvalue weighted by Gasteiger charge is 2.26. The van der Waals surface area contributed by atoms with Gasteiger partial charge in [-0.3, -0.25) is 14.1 Å². The number of rotatable bonds is 4. The maximum absolute atomic E-state index is 11.3. The summed E-state index contributed by atoms with van der Waals surface area (Å²) in [7, 11) is 0. The minimum absolute atomic E-state index is 0.290. The zero-order valence-electron chi connectivity index (χ0n) is 10.5. The smallest absolute Gasteiger partial charge is 0.193 e. The van der Waals surface area contributed by atoms with Crippen LogP contribution in [-0.2, 0) is 11.3 Å². The Morgan fingerprint density at radius 2 is 2.50 bits per heavy atom. The number of nitrogens with zero attached hydrogens (tertiary/aromatic N) is 3. The van der Waals surface area contributed by atoms with Gasteiger partial charge >= 0.3 is 0 Å². The molecule has 1 saturated heterocycles. The molecule has 18 heavy (non-hydrogen) atoms. The summed E-state index contributed by atoms with van der Waals surface area (Å²) in [5.41, 5.74) is 1.11. The van der Waals surface area contributed by atoms with Crippen LogP contribution in [0, 0.1) is 0 Å². The molecule has 1 aliphatic heterocycles. The molecule has 1 aliphatic rings. The van der Waals surface area contributed by atoms with Crippen molar-refractivity contribution in [1.29, 1.82) is 0 Å². The number of carbonyl (C=O) groups is 1. The van der Waals surface area contributed by atoms with E-state index in [1.807, 2.05) is 11.6 Å². The molecule has 0 aliphatic carbocycles. The summed E-state index contributed by atoms with van der Waals surface area (Å²) in [6.07, 6.45) is 7.15. The van der Waals surface area contributed by atoms with Crippen LogP contribution in [0.25, 0.3) is 4.96 Å². The highest BCUT2D eigenvalue weighted by molar-refractivity contribution is 7.15. The zero-order valence-corrected chi connectivity index (χ0v) is 11.3. The summed E-state index contributed by atoms with van der Waals surface area (Å²) in [5, 5.41) is 2.04. The fourth-order valence-corrected chi connectivity index (χ4v) is 3.45. The van der Waals surface area contributed by atoms with Crippen molar-refractivity contribution in [1.82, 2.24) is 14.3 Å². The Morgan fingerprint density at radius 1 is 1.61 bits per heavy atom. The molecular weight excluding hydrogens is 246 g/mol. The molecule has 0 radical (unpaired) electrons. The van der Waals surface area contributed by atoms with Gasteiger partial charge < -0.3 is 0 Å². The second-order valence-electron chi connectivity index (χ2n) is 5.00. The monoisotopic (exact) mass is 263 g/mol. The van der Waals surface area contributed by atoms with Crippen molar-refractivity contribution in [2.75, 3.05) is 6.54 Å². The normalized spacial score (nSPS) is 20.8. The first-order valence-electron chi connectivity index (χ1n) is 6.37. The Kier molecular flexibility index (Phi) is 3.18. The molecule has 0 bridgehead atoms. The number of ketones is 1. The van der Waals surface area contributed by atoms with Crippen LogP contribution >= 0.6 is 11.3 Å². The summed E-state index contributed by atoms with van der Waals surface area (Å²) >= 11 is 1.66. The van der Waals surface area contributed by atoms with Gasteiger partial charge in [-0.25, -0.2) is 4.98 Å². The maximum atomic E-state index is 11.3. The molecular formula is C13H17N3OS. The number of aromatic nitrogens is 2. The van der Waals surface area contributed by atoms with Crippen molar-refractivity contribution in [3.8, 4) is 0 Å². The van der Waals surface area contributed by atoms with Crippen molar-refractivity contribution < 1.29 is 4.79 Å². The molecule has 3 rings (SSSR count). The van der Waals surface area contributed by atoms with Gasteiger partial charge in [-0.05, 0) is 26.3 Å². The van der Waals surface area contributed by atoms with Gasteiger partial charge in [-0.2, -0.15) is 0 Å². The molecule has 5 heteroatoms. The highest BCUT2D eigenvalue weighted by Crippen LogP contribution is 2.23. The molecule has 0 N–H and O–H groups in total. The van der Waals surface area contributed by atoms with Crippen LogP contribution in [-0.4, -0.2) is 32.7 Å². The minimum Gasteiger partial charge on any atom is -0.300 e. The predicted molar refractivity (Wildman–Crippen MR) is 71.8 cm³/mol. The first-order chi connectivity index (χ1) is 8.72. The molecule has 1 unspecified atom stereocenters.